The predicted molar refractivity (Wildman–Crippen MR) is 119 cm³/mol. The number of hydrogen-bond acceptors (Lipinski definition) is 3. The molecule has 0 spiro atoms. The molecule has 33 heavy (non-hydrogen) atoms. The van der Waals surface area contributed by atoms with Crippen LogP contribution >= 0.6 is 11.6 Å². The summed E-state index contributed by atoms with van der Waals surface area (Å²) in [5, 5.41) is 1.79. The molecule has 1 heterocycles. The Morgan fingerprint density at radius 2 is 1.82 bits per heavy atom. The molecule has 0 unspecified atom stereocenters. The van der Waals surface area contributed by atoms with E-state index < -0.39 is 40.7 Å². The van der Waals surface area contributed by atoms with Crippen molar-refractivity contribution in [3.8, 4) is 11.3 Å². The molecule has 0 saturated carbocycles. The fourth-order valence-electron chi connectivity index (χ4n) is 3.14. The maximum absolute atomic E-state index is 13.0. The second-order valence-electron chi connectivity index (χ2n) is 7.39. The van der Waals surface area contributed by atoms with Gasteiger partial charge in [0.25, 0.3) is 11.5 Å². The topological polar surface area (TPSA) is 82.3 Å². The van der Waals surface area contributed by atoms with Crippen molar-refractivity contribution in [2.75, 3.05) is 18.9 Å². The Morgan fingerprint density at radius 1 is 1.09 bits per heavy atom. The van der Waals surface area contributed by atoms with Crippen LogP contribution in [0.4, 0.5) is 18.9 Å². The predicted octanol–water partition coefficient (Wildman–Crippen LogP) is 4.73. The lowest BCUT2D eigenvalue weighted by atomic mass is 10.1. The van der Waals surface area contributed by atoms with Crippen LogP contribution in [0.15, 0.2) is 59.4 Å². The fraction of sp³-hybridized carbons (Fsp3) is 0.174. The van der Waals surface area contributed by atoms with Crippen LogP contribution in [0.2, 0.25) is 5.02 Å². The maximum Gasteiger partial charge on any atom is 0.417 e. The summed E-state index contributed by atoms with van der Waals surface area (Å²) in [7, 11) is 1.30. The molecule has 10 heteroatoms. The number of nitrogens with zero attached hydrogens (tertiary/aromatic N) is 1. The maximum atomic E-state index is 13.0. The number of nitrogens with one attached hydrogen (secondary N) is 2. The van der Waals surface area contributed by atoms with Gasteiger partial charge >= 0.3 is 6.18 Å². The van der Waals surface area contributed by atoms with Gasteiger partial charge in [0.1, 0.15) is 5.56 Å². The number of carbonyl (C=O) groups excluding carboxylic acids is 2. The highest BCUT2D eigenvalue weighted by atomic mass is 35.5. The minimum atomic E-state index is -4.68. The van der Waals surface area contributed by atoms with Crippen LogP contribution in [-0.2, 0) is 11.0 Å². The summed E-state index contributed by atoms with van der Waals surface area (Å²) in [6, 6.07) is 13.3. The summed E-state index contributed by atoms with van der Waals surface area (Å²) in [5.74, 6) is -1.46. The first-order chi connectivity index (χ1) is 15.5. The molecule has 0 bridgehead atoms. The van der Waals surface area contributed by atoms with Gasteiger partial charge in [-0.05, 0) is 48.9 Å². The van der Waals surface area contributed by atoms with E-state index in [1.807, 2.05) is 31.2 Å². The van der Waals surface area contributed by atoms with E-state index in [1.54, 1.807) is 6.07 Å². The van der Waals surface area contributed by atoms with Crippen LogP contribution in [0.5, 0.6) is 0 Å². The van der Waals surface area contributed by atoms with E-state index in [0.29, 0.717) is 11.8 Å². The van der Waals surface area contributed by atoms with Gasteiger partial charge < -0.3 is 15.2 Å². The van der Waals surface area contributed by atoms with E-state index >= 15 is 0 Å². The molecule has 1 aromatic heterocycles. The lowest BCUT2D eigenvalue weighted by Gasteiger charge is -2.17. The van der Waals surface area contributed by atoms with Crippen molar-refractivity contribution in [2.45, 2.75) is 13.1 Å². The van der Waals surface area contributed by atoms with Crippen molar-refractivity contribution in [3.63, 3.8) is 0 Å². The second-order valence-corrected chi connectivity index (χ2v) is 7.79. The van der Waals surface area contributed by atoms with Crippen molar-refractivity contribution in [1.82, 2.24) is 9.88 Å². The third-order valence-corrected chi connectivity index (χ3v) is 5.08. The number of anilines is 1. The standard InChI is InChI=1S/C23H19ClF3N3O3/c1-13-4-3-5-14(10-13)19-9-7-16(21(32)29-19)22(33)30(2)12-20(31)28-15-6-8-18(24)17(11-15)23(25,26)27/h3-11H,12H2,1-2H3,(H,28,31)(H,29,32). The minimum Gasteiger partial charge on any atom is -0.332 e. The number of aryl methyl sites for hydroxylation is 1. The first-order valence-electron chi connectivity index (χ1n) is 9.68. The molecule has 0 atom stereocenters. The highest BCUT2D eigenvalue weighted by Gasteiger charge is 2.33. The Hall–Kier alpha value is -3.59. The van der Waals surface area contributed by atoms with E-state index in [0.717, 1.165) is 22.1 Å². The normalized spacial score (nSPS) is 11.2. The Labute approximate surface area is 192 Å². The van der Waals surface area contributed by atoms with Crippen molar-refractivity contribution in [2.24, 2.45) is 0 Å². The second kappa shape index (κ2) is 9.50. The molecular weight excluding hydrogens is 459 g/mol. The fourth-order valence-corrected chi connectivity index (χ4v) is 3.36. The molecule has 2 aromatic carbocycles. The number of aromatic nitrogens is 1. The number of amides is 2. The SMILES string of the molecule is Cc1cccc(-c2ccc(C(=O)N(C)CC(=O)Nc3ccc(Cl)c(C(F)(F)F)c3)c(=O)[nH]2)c1. The Bertz CT molecular complexity index is 1270. The van der Waals surface area contributed by atoms with Gasteiger partial charge in [-0.15, -0.1) is 0 Å². The number of alkyl halides is 3. The van der Waals surface area contributed by atoms with E-state index in [2.05, 4.69) is 10.3 Å². The van der Waals surface area contributed by atoms with Crippen LogP contribution in [0.3, 0.4) is 0 Å². The van der Waals surface area contributed by atoms with E-state index in [1.165, 1.54) is 19.2 Å². The van der Waals surface area contributed by atoms with Crippen LogP contribution < -0.4 is 10.9 Å². The zero-order valence-electron chi connectivity index (χ0n) is 17.6. The Kier molecular flexibility index (Phi) is 6.92. The first-order valence-corrected chi connectivity index (χ1v) is 10.1. The zero-order chi connectivity index (χ0) is 24.3. The van der Waals surface area contributed by atoms with Crippen LogP contribution in [0.1, 0.15) is 21.5 Å². The number of H-pyrrole nitrogens is 1. The number of carbonyl (C=O) groups is 2. The number of pyridine rings is 1. The quantitative estimate of drug-likeness (QED) is 0.557. The summed E-state index contributed by atoms with van der Waals surface area (Å²) in [5.41, 5.74) is 0.294. The third kappa shape index (κ3) is 5.81. The molecule has 3 aromatic rings. The Balaban J connectivity index is 1.70. The number of rotatable bonds is 5. The van der Waals surface area contributed by atoms with Crippen molar-refractivity contribution < 1.29 is 22.8 Å². The van der Waals surface area contributed by atoms with Gasteiger partial charge in [-0.2, -0.15) is 13.2 Å². The van der Waals surface area contributed by atoms with Crippen molar-refractivity contribution >= 4 is 29.1 Å². The van der Waals surface area contributed by atoms with E-state index in [-0.39, 0.29) is 11.3 Å². The minimum absolute atomic E-state index is 0.127. The molecule has 3 rings (SSSR count). The van der Waals surface area contributed by atoms with Crippen molar-refractivity contribution in [1.29, 1.82) is 0 Å². The van der Waals surface area contributed by atoms with Crippen molar-refractivity contribution in [3.05, 3.63) is 86.7 Å². The molecule has 0 fully saturated rings. The van der Waals surface area contributed by atoms with Gasteiger partial charge in [0, 0.05) is 18.4 Å². The lowest BCUT2D eigenvalue weighted by molar-refractivity contribution is -0.137. The number of aromatic amines is 1. The summed E-state index contributed by atoms with van der Waals surface area (Å²) in [6.45, 7) is 1.43. The van der Waals surface area contributed by atoms with Gasteiger partial charge in [-0.1, -0.05) is 35.4 Å². The Morgan fingerprint density at radius 3 is 2.45 bits per heavy atom. The highest BCUT2D eigenvalue weighted by Crippen LogP contribution is 2.36. The number of halogens is 4. The molecule has 0 aliphatic rings. The average molecular weight is 478 g/mol. The first kappa shape index (κ1) is 24.1. The number of hydrogen-bond donors (Lipinski definition) is 2. The van der Waals surface area contributed by atoms with Crippen LogP contribution in [-0.4, -0.2) is 35.3 Å². The summed E-state index contributed by atoms with van der Waals surface area (Å²) in [6.07, 6.45) is -4.68. The smallest absolute Gasteiger partial charge is 0.332 e. The van der Waals surface area contributed by atoms with Gasteiger partial charge in [0.05, 0.1) is 17.1 Å². The molecular formula is C23H19ClF3N3O3. The summed E-state index contributed by atoms with van der Waals surface area (Å²) in [4.78, 5) is 41.0. The van der Waals surface area contributed by atoms with Crippen LogP contribution in [0.25, 0.3) is 11.3 Å². The molecule has 6 nitrogen and oxygen atoms in total. The van der Waals surface area contributed by atoms with E-state index in [4.69, 9.17) is 11.6 Å². The van der Waals surface area contributed by atoms with Gasteiger partial charge in [-0.3, -0.25) is 14.4 Å². The van der Waals surface area contributed by atoms with Gasteiger partial charge in [0.15, 0.2) is 0 Å². The molecule has 0 aliphatic heterocycles. The molecule has 0 radical (unpaired) electrons. The monoisotopic (exact) mass is 477 g/mol. The highest BCUT2D eigenvalue weighted by molar-refractivity contribution is 6.31. The molecule has 0 aliphatic carbocycles. The number of benzene rings is 2. The molecule has 2 N–H and O–H groups in total. The molecule has 172 valence electrons. The number of likely N-dealkylation sites (N-methyl/N-ethyl adjacent to an activating group) is 1. The molecule has 0 saturated heterocycles. The summed E-state index contributed by atoms with van der Waals surface area (Å²) < 4.78 is 38.9. The zero-order valence-corrected chi connectivity index (χ0v) is 18.3. The summed E-state index contributed by atoms with van der Waals surface area (Å²) >= 11 is 5.57. The van der Waals surface area contributed by atoms with Gasteiger partial charge in [0.2, 0.25) is 5.91 Å². The van der Waals surface area contributed by atoms with Gasteiger partial charge in [-0.25, -0.2) is 0 Å². The average Bonchev–Trinajstić information content (AvgIpc) is 2.73. The van der Waals surface area contributed by atoms with E-state index in [9.17, 15) is 27.6 Å². The molecule has 2 amide bonds. The third-order valence-electron chi connectivity index (χ3n) is 4.75. The lowest BCUT2D eigenvalue weighted by Crippen LogP contribution is -2.37. The van der Waals surface area contributed by atoms with Crippen LogP contribution in [0, 0.1) is 6.92 Å². The largest absolute Gasteiger partial charge is 0.417 e.